The molecule has 0 amide bonds. The molecule has 282 valence electrons. The molecule has 0 unspecified atom stereocenters. The summed E-state index contributed by atoms with van der Waals surface area (Å²) in [5, 5.41) is 6.15. The fourth-order valence-electron chi connectivity index (χ4n) is 8.56. The molecule has 11 aromatic rings. The lowest BCUT2D eigenvalue weighted by molar-refractivity contribution is 0.631. The molecule has 2 heteroatoms. The molecule has 0 fully saturated rings. The van der Waals surface area contributed by atoms with Gasteiger partial charge in [-0.1, -0.05) is 164 Å². The van der Waals surface area contributed by atoms with Gasteiger partial charge in [-0.05, 0) is 139 Å². The minimum atomic E-state index is 0.847. The monoisotopic (exact) mass is 765 g/mol. The number of furan rings is 1. The van der Waals surface area contributed by atoms with E-state index in [2.05, 4.69) is 223 Å². The zero-order chi connectivity index (χ0) is 39.8. The number of benzene rings is 10. The summed E-state index contributed by atoms with van der Waals surface area (Å²) in [6.07, 6.45) is 0. The maximum absolute atomic E-state index is 6.35. The molecule has 1 aromatic heterocycles. The molecule has 0 aliphatic rings. The average Bonchev–Trinajstić information content (AvgIpc) is 3.77. The van der Waals surface area contributed by atoms with Crippen LogP contribution in [0.4, 0.5) is 17.1 Å². The van der Waals surface area contributed by atoms with Crippen LogP contribution in [-0.4, -0.2) is 0 Å². The molecule has 0 radical (unpaired) electrons. The molecule has 0 bridgehead atoms. The summed E-state index contributed by atoms with van der Waals surface area (Å²) in [6, 6.07) is 84.9. The number of para-hydroxylation sites is 1. The molecule has 11 rings (SSSR count). The third kappa shape index (κ3) is 6.70. The molecule has 1 heterocycles. The largest absolute Gasteiger partial charge is 0.456 e. The smallest absolute Gasteiger partial charge is 0.135 e. The van der Waals surface area contributed by atoms with Gasteiger partial charge in [0.2, 0.25) is 0 Å². The molecular formula is C58H39NO. The fraction of sp³-hybridized carbons (Fsp3) is 0. The second-order valence-corrected chi connectivity index (χ2v) is 15.4. The van der Waals surface area contributed by atoms with E-state index in [0.29, 0.717) is 0 Å². The van der Waals surface area contributed by atoms with E-state index in [-0.39, 0.29) is 0 Å². The maximum Gasteiger partial charge on any atom is 0.135 e. The summed E-state index contributed by atoms with van der Waals surface area (Å²) >= 11 is 0. The fourth-order valence-corrected chi connectivity index (χ4v) is 8.56. The summed E-state index contributed by atoms with van der Waals surface area (Å²) < 4.78 is 6.35. The van der Waals surface area contributed by atoms with Crippen molar-refractivity contribution in [1.29, 1.82) is 0 Å². The van der Waals surface area contributed by atoms with Crippen molar-refractivity contribution in [3.63, 3.8) is 0 Å². The minimum absolute atomic E-state index is 0.847. The van der Waals surface area contributed by atoms with E-state index in [0.717, 1.165) is 44.9 Å². The number of nitrogens with zero attached hydrogens (tertiary/aromatic N) is 1. The first kappa shape index (κ1) is 35.2. The summed E-state index contributed by atoms with van der Waals surface area (Å²) in [5.41, 5.74) is 14.6. The zero-order valence-corrected chi connectivity index (χ0v) is 32.9. The van der Waals surface area contributed by atoms with Crippen LogP contribution in [0.15, 0.2) is 241 Å². The number of hydrogen-bond acceptors (Lipinski definition) is 2. The molecule has 0 saturated heterocycles. The Morgan fingerprint density at radius 3 is 1.40 bits per heavy atom. The Hall–Kier alpha value is -7.94. The maximum atomic E-state index is 6.35. The first-order valence-corrected chi connectivity index (χ1v) is 20.5. The summed E-state index contributed by atoms with van der Waals surface area (Å²) in [6.45, 7) is 0. The zero-order valence-electron chi connectivity index (χ0n) is 32.9. The predicted molar refractivity (Wildman–Crippen MR) is 253 cm³/mol. The molecule has 0 aliphatic carbocycles. The first-order chi connectivity index (χ1) is 29.7. The van der Waals surface area contributed by atoms with Gasteiger partial charge in [-0.15, -0.1) is 0 Å². The Morgan fingerprint density at radius 2 is 0.750 bits per heavy atom. The van der Waals surface area contributed by atoms with Crippen LogP contribution in [0, 0.1) is 0 Å². The van der Waals surface area contributed by atoms with E-state index in [1.807, 2.05) is 18.2 Å². The topological polar surface area (TPSA) is 16.4 Å². The lowest BCUT2D eigenvalue weighted by atomic mass is 9.93. The van der Waals surface area contributed by atoms with Crippen molar-refractivity contribution >= 4 is 49.6 Å². The highest BCUT2D eigenvalue weighted by Gasteiger charge is 2.17. The van der Waals surface area contributed by atoms with Crippen molar-refractivity contribution in [2.24, 2.45) is 0 Å². The van der Waals surface area contributed by atoms with Crippen LogP contribution in [0.2, 0.25) is 0 Å². The van der Waals surface area contributed by atoms with Gasteiger partial charge in [0, 0.05) is 28.0 Å². The van der Waals surface area contributed by atoms with Gasteiger partial charge in [0.15, 0.2) is 0 Å². The van der Waals surface area contributed by atoms with Crippen LogP contribution in [0.5, 0.6) is 0 Å². The quantitative estimate of drug-likeness (QED) is 0.143. The molecule has 60 heavy (non-hydrogen) atoms. The number of hydrogen-bond donors (Lipinski definition) is 0. The van der Waals surface area contributed by atoms with E-state index >= 15 is 0 Å². The van der Waals surface area contributed by atoms with Crippen LogP contribution in [0.1, 0.15) is 0 Å². The van der Waals surface area contributed by atoms with Crippen LogP contribution < -0.4 is 4.90 Å². The summed E-state index contributed by atoms with van der Waals surface area (Å²) in [5.74, 6) is 0.847. The molecule has 2 nitrogen and oxygen atoms in total. The summed E-state index contributed by atoms with van der Waals surface area (Å²) in [4.78, 5) is 2.34. The van der Waals surface area contributed by atoms with Crippen molar-refractivity contribution in [2.45, 2.75) is 0 Å². The van der Waals surface area contributed by atoms with E-state index < -0.39 is 0 Å². The second kappa shape index (κ2) is 15.1. The van der Waals surface area contributed by atoms with Gasteiger partial charge < -0.3 is 9.32 Å². The van der Waals surface area contributed by atoms with E-state index in [9.17, 15) is 0 Å². The average molecular weight is 766 g/mol. The van der Waals surface area contributed by atoms with Gasteiger partial charge in [-0.3, -0.25) is 0 Å². The van der Waals surface area contributed by atoms with Crippen LogP contribution in [0.3, 0.4) is 0 Å². The lowest BCUT2D eigenvalue weighted by Gasteiger charge is -2.26. The standard InChI is InChI=1S/C58H39NO/c1-3-12-40(13-4-1)49-35-50(41-14-5-2-6-15-41)37-51(36-49)43-26-31-53(32-27-43)59(54-19-11-18-47(38-54)58-39-48-17-8-10-21-57(48)60-58)52-29-24-42(25-30-52)45-28-33-56-46(34-45)23-22-44-16-7-9-20-55(44)56/h1-39H. The van der Waals surface area contributed by atoms with Gasteiger partial charge in [0.05, 0.1) is 0 Å². The predicted octanol–water partition coefficient (Wildman–Crippen LogP) is 16.5. The highest BCUT2D eigenvalue weighted by molar-refractivity contribution is 6.08. The van der Waals surface area contributed by atoms with Gasteiger partial charge in [-0.2, -0.15) is 0 Å². The first-order valence-electron chi connectivity index (χ1n) is 20.5. The van der Waals surface area contributed by atoms with Crippen molar-refractivity contribution in [1.82, 2.24) is 0 Å². The molecule has 0 aliphatic heterocycles. The second-order valence-electron chi connectivity index (χ2n) is 15.4. The van der Waals surface area contributed by atoms with Gasteiger partial charge in [0.25, 0.3) is 0 Å². The highest BCUT2D eigenvalue weighted by Crippen LogP contribution is 2.40. The van der Waals surface area contributed by atoms with Crippen molar-refractivity contribution in [3.05, 3.63) is 237 Å². The lowest BCUT2D eigenvalue weighted by Crippen LogP contribution is -2.10. The van der Waals surface area contributed by atoms with Crippen molar-refractivity contribution in [2.75, 3.05) is 4.90 Å². The molecule has 0 saturated carbocycles. The van der Waals surface area contributed by atoms with Crippen LogP contribution >= 0.6 is 0 Å². The Balaban J connectivity index is 0.992. The number of rotatable bonds is 8. The van der Waals surface area contributed by atoms with E-state index in [1.54, 1.807) is 0 Å². The third-order valence-electron chi connectivity index (χ3n) is 11.6. The molecule has 10 aromatic carbocycles. The molecule has 0 spiro atoms. The highest BCUT2D eigenvalue weighted by atomic mass is 16.3. The molecular weight excluding hydrogens is 727 g/mol. The summed E-state index contributed by atoms with van der Waals surface area (Å²) in [7, 11) is 0. The minimum Gasteiger partial charge on any atom is -0.456 e. The Morgan fingerprint density at radius 1 is 0.250 bits per heavy atom. The molecule has 0 atom stereocenters. The van der Waals surface area contributed by atoms with E-state index in [4.69, 9.17) is 4.42 Å². The van der Waals surface area contributed by atoms with Gasteiger partial charge in [0.1, 0.15) is 11.3 Å². The normalized spacial score (nSPS) is 11.3. The number of anilines is 3. The third-order valence-corrected chi connectivity index (χ3v) is 11.6. The van der Waals surface area contributed by atoms with Gasteiger partial charge in [-0.25, -0.2) is 0 Å². The Kier molecular flexibility index (Phi) is 8.87. The van der Waals surface area contributed by atoms with E-state index in [1.165, 1.54) is 60.5 Å². The number of fused-ring (bicyclic) bond motifs is 4. The van der Waals surface area contributed by atoms with Crippen molar-refractivity contribution < 1.29 is 4.42 Å². The van der Waals surface area contributed by atoms with Crippen molar-refractivity contribution in [3.8, 4) is 55.8 Å². The SMILES string of the molecule is c1ccc(-c2cc(-c3ccccc3)cc(-c3ccc(N(c4ccc(-c5ccc6c(ccc7ccccc76)c5)cc4)c4cccc(-c5cc6ccccc6o5)c4)cc3)c2)cc1. The Labute approximate surface area is 349 Å². The van der Waals surface area contributed by atoms with Crippen LogP contribution in [0.25, 0.3) is 88.3 Å². The van der Waals surface area contributed by atoms with Gasteiger partial charge >= 0.3 is 0 Å². The van der Waals surface area contributed by atoms with Crippen LogP contribution in [-0.2, 0) is 0 Å². The molecule has 0 N–H and O–H groups in total. The Bertz CT molecular complexity index is 3200.